The number of aliphatic carboxylic acids is 1. The highest BCUT2D eigenvalue weighted by Gasteiger charge is 2.25. The molecule has 0 aromatic heterocycles. The van der Waals surface area contributed by atoms with Gasteiger partial charge in [0.2, 0.25) is 0 Å². The van der Waals surface area contributed by atoms with Crippen LogP contribution in [0.15, 0.2) is 0 Å². The summed E-state index contributed by atoms with van der Waals surface area (Å²) in [5.41, 5.74) is 4.34. The topological polar surface area (TPSA) is 63.3 Å². The highest BCUT2D eigenvalue weighted by Crippen LogP contribution is 2.07. The molecule has 3 N–H and O–H groups in total. The molecule has 0 saturated carbocycles. The van der Waals surface area contributed by atoms with Crippen LogP contribution in [0, 0.1) is 0 Å². The standard InChI is InChI=1S/C6H13NO2/c1-3-4-6(2,7)5(8)9/h3-4,7H2,1-2H3,(H,8,9)/t6-/m0/s1. The van der Waals surface area contributed by atoms with Crippen LogP contribution in [0.5, 0.6) is 0 Å². The Labute approximate surface area is 54.9 Å². The number of hydrogen-bond donors (Lipinski definition) is 2. The fourth-order valence-electron chi connectivity index (χ4n) is 0.626. The largest absolute Gasteiger partial charge is 0.480 e. The van der Waals surface area contributed by atoms with Gasteiger partial charge in [0.05, 0.1) is 0 Å². The second kappa shape index (κ2) is 2.82. The highest BCUT2D eigenvalue weighted by atomic mass is 16.4. The summed E-state index contributed by atoms with van der Waals surface area (Å²) in [5, 5.41) is 8.45. The molecule has 3 heteroatoms. The summed E-state index contributed by atoms with van der Waals surface area (Å²) in [7, 11) is 0. The molecule has 0 heterocycles. The highest BCUT2D eigenvalue weighted by molar-refractivity contribution is 5.77. The molecule has 0 aliphatic carbocycles. The lowest BCUT2D eigenvalue weighted by atomic mass is 9.98. The van der Waals surface area contributed by atoms with Gasteiger partial charge in [0.1, 0.15) is 5.54 Å². The molecule has 0 saturated heterocycles. The number of carboxylic acid groups (broad SMARTS) is 1. The predicted octanol–water partition coefficient (Wildman–Crippen LogP) is 0.588. The van der Waals surface area contributed by atoms with E-state index in [1.807, 2.05) is 6.92 Å². The Morgan fingerprint density at radius 1 is 1.78 bits per heavy atom. The van der Waals surface area contributed by atoms with Crippen molar-refractivity contribution in [3.8, 4) is 0 Å². The average Bonchev–Trinajstić information content (AvgIpc) is 1.65. The molecule has 0 aliphatic rings. The maximum atomic E-state index is 10.3. The van der Waals surface area contributed by atoms with Crippen LogP contribution in [0.2, 0.25) is 0 Å². The maximum absolute atomic E-state index is 10.3. The minimum Gasteiger partial charge on any atom is -0.480 e. The van der Waals surface area contributed by atoms with E-state index in [1.165, 1.54) is 6.92 Å². The fourth-order valence-corrected chi connectivity index (χ4v) is 0.626. The zero-order valence-corrected chi connectivity index (χ0v) is 5.85. The number of rotatable bonds is 3. The van der Waals surface area contributed by atoms with Crippen molar-refractivity contribution in [2.75, 3.05) is 0 Å². The average molecular weight is 131 g/mol. The van der Waals surface area contributed by atoms with E-state index in [2.05, 4.69) is 0 Å². The molecule has 54 valence electrons. The molecule has 0 aliphatic heterocycles. The van der Waals surface area contributed by atoms with E-state index < -0.39 is 11.5 Å². The van der Waals surface area contributed by atoms with Crippen LogP contribution in [0.3, 0.4) is 0 Å². The van der Waals surface area contributed by atoms with E-state index in [0.29, 0.717) is 6.42 Å². The van der Waals surface area contributed by atoms with Crippen LogP contribution < -0.4 is 5.73 Å². The van der Waals surface area contributed by atoms with Gasteiger partial charge in [-0.15, -0.1) is 0 Å². The molecule has 0 bridgehead atoms. The number of carboxylic acids is 1. The lowest BCUT2D eigenvalue weighted by molar-refractivity contribution is -0.142. The van der Waals surface area contributed by atoms with E-state index in [1.54, 1.807) is 0 Å². The van der Waals surface area contributed by atoms with Crippen molar-refractivity contribution in [1.82, 2.24) is 0 Å². The molecule has 0 aromatic rings. The van der Waals surface area contributed by atoms with Gasteiger partial charge in [-0.1, -0.05) is 13.3 Å². The van der Waals surface area contributed by atoms with Crippen LogP contribution >= 0.6 is 0 Å². The SMILES string of the molecule is CCC[C@](C)(N)C(=O)O. The molecule has 0 unspecified atom stereocenters. The van der Waals surface area contributed by atoms with Crippen molar-refractivity contribution in [3.05, 3.63) is 0 Å². The van der Waals surface area contributed by atoms with Crippen molar-refractivity contribution in [2.45, 2.75) is 32.2 Å². The minimum absolute atomic E-state index is 0.530. The molecule has 0 aromatic carbocycles. The summed E-state index contributed by atoms with van der Waals surface area (Å²) < 4.78 is 0. The van der Waals surface area contributed by atoms with E-state index in [0.717, 1.165) is 6.42 Å². The Bertz CT molecular complexity index is 110. The van der Waals surface area contributed by atoms with Gasteiger partial charge in [-0.3, -0.25) is 4.79 Å². The first kappa shape index (κ1) is 8.43. The number of hydrogen-bond acceptors (Lipinski definition) is 2. The zero-order chi connectivity index (χ0) is 7.49. The molecular formula is C6H13NO2. The van der Waals surface area contributed by atoms with E-state index in [4.69, 9.17) is 10.8 Å². The van der Waals surface area contributed by atoms with Gasteiger partial charge < -0.3 is 10.8 Å². The van der Waals surface area contributed by atoms with Crippen molar-refractivity contribution in [2.24, 2.45) is 5.73 Å². The summed E-state index contributed by atoms with van der Waals surface area (Å²) >= 11 is 0. The maximum Gasteiger partial charge on any atom is 0.323 e. The Hall–Kier alpha value is -0.570. The second-order valence-corrected chi connectivity index (χ2v) is 2.47. The quantitative estimate of drug-likeness (QED) is 0.589. The monoisotopic (exact) mass is 131 g/mol. The van der Waals surface area contributed by atoms with Gasteiger partial charge in [0, 0.05) is 0 Å². The van der Waals surface area contributed by atoms with Crippen molar-refractivity contribution in [3.63, 3.8) is 0 Å². The third-order valence-electron chi connectivity index (χ3n) is 1.26. The summed E-state index contributed by atoms with van der Waals surface area (Å²) in [6, 6.07) is 0. The third-order valence-corrected chi connectivity index (χ3v) is 1.26. The molecule has 0 amide bonds. The summed E-state index contributed by atoms with van der Waals surface area (Å²) in [6.45, 7) is 3.44. The van der Waals surface area contributed by atoms with E-state index >= 15 is 0 Å². The second-order valence-electron chi connectivity index (χ2n) is 2.47. The first-order chi connectivity index (χ1) is 4.00. The molecular weight excluding hydrogens is 118 g/mol. The van der Waals surface area contributed by atoms with E-state index in [-0.39, 0.29) is 0 Å². The molecule has 3 nitrogen and oxygen atoms in total. The molecule has 1 atom stereocenters. The molecule has 0 radical (unpaired) electrons. The van der Waals surface area contributed by atoms with Crippen molar-refractivity contribution >= 4 is 5.97 Å². The number of nitrogens with two attached hydrogens (primary N) is 1. The predicted molar refractivity (Wildman–Crippen MR) is 35.1 cm³/mol. The van der Waals surface area contributed by atoms with Crippen molar-refractivity contribution < 1.29 is 9.90 Å². The first-order valence-electron chi connectivity index (χ1n) is 3.03. The molecule has 0 rings (SSSR count). The number of carbonyl (C=O) groups is 1. The minimum atomic E-state index is -1.03. The molecule has 0 fully saturated rings. The Morgan fingerprint density at radius 2 is 2.22 bits per heavy atom. The van der Waals surface area contributed by atoms with Gasteiger partial charge >= 0.3 is 5.97 Å². The van der Waals surface area contributed by atoms with Gasteiger partial charge in [0.25, 0.3) is 0 Å². The van der Waals surface area contributed by atoms with Gasteiger partial charge in [-0.25, -0.2) is 0 Å². The Balaban J connectivity index is 3.85. The Kier molecular flexibility index (Phi) is 2.65. The molecule has 9 heavy (non-hydrogen) atoms. The lowest BCUT2D eigenvalue weighted by Crippen LogP contribution is -2.44. The van der Waals surface area contributed by atoms with Crippen LogP contribution in [-0.2, 0) is 4.79 Å². The van der Waals surface area contributed by atoms with Gasteiger partial charge in [-0.2, -0.15) is 0 Å². The third kappa shape index (κ3) is 2.46. The van der Waals surface area contributed by atoms with Crippen LogP contribution in [0.1, 0.15) is 26.7 Å². The zero-order valence-electron chi connectivity index (χ0n) is 5.85. The lowest BCUT2D eigenvalue weighted by Gasteiger charge is -2.16. The van der Waals surface area contributed by atoms with Crippen molar-refractivity contribution in [1.29, 1.82) is 0 Å². The fraction of sp³-hybridized carbons (Fsp3) is 0.833. The summed E-state index contributed by atoms with van der Waals surface area (Å²) in [6.07, 6.45) is 1.33. The normalized spacial score (nSPS) is 16.8. The van der Waals surface area contributed by atoms with E-state index in [9.17, 15) is 4.79 Å². The summed E-state index contributed by atoms with van der Waals surface area (Å²) in [5.74, 6) is -0.927. The molecule has 0 spiro atoms. The smallest absolute Gasteiger partial charge is 0.323 e. The van der Waals surface area contributed by atoms with Gasteiger partial charge in [0.15, 0.2) is 0 Å². The van der Waals surface area contributed by atoms with Crippen LogP contribution in [0.25, 0.3) is 0 Å². The van der Waals surface area contributed by atoms with Crippen LogP contribution in [-0.4, -0.2) is 16.6 Å². The van der Waals surface area contributed by atoms with Gasteiger partial charge in [-0.05, 0) is 13.3 Å². The summed E-state index contributed by atoms with van der Waals surface area (Å²) in [4.78, 5) is 10.3. The Morgan fingerprint density at radius 3 is 2.33 bits per heavy atom. The first-order valence-corrected chi connectivity index (χ1v) is 3.03. The van der Waals surface area contributed by atoms with Crippen LogP contribution in [0.4, 0.5) is 0 Å².